The molecule has 20 heavy (non-hydrogen) atoms. The van der Waals surface area contributed by atoms with Crippen LogP contribution in [0, 0.1) is 0 Å². The maximum absolute atomic E-state index is 11.8. The van der Waals surface area contributed by atoms with Gasteiger partial charge in [-0.3, -0.25) is 0 Å². The van der Waals surface area contributed by atoms with Gasteiger partial charge in [0.05, 0.1) is 6.33 Å². The van der Waals surface area contributed by atoms with Gasteiger partial charge in [0.1, 0.15) is 0 Å². The number of aromatic nitrogens is 2. The first-order valence-electron chi connectivity index (χ1n) is 6.77. The minimum Gasteiger partial charge on any atom is -0.334 e. The van der Waals surface area contributed by atoms with Crippen LogP contribution in [0.4, 0.5) is 4.79 Å². The van der Waals surface area contributed by atoms with Crippen LogP contribution in [0.3, 0.4) is 0 Å². The summed E-state index contributed by atoms with van der Waals surface area (Å²) >= 11 is 0. The van der Waals surface area contributed by atoms with Crippen LogP contribution in [-0.4, -0.2) is 34.1 Å². The maximum Gasteiger partial charge on any atom is 0.317 e. The summed E-state index contributed by atoms with van der Waals surface area (Å²) in [5, 5.41) is 2.92. The maximum atomic E-state index is 11.8. The van der Waals surface area contributed by atoms with Gasteiger partial charge in [-0.2, -0.15) is 0 Å². The summed E-state index contributed by atoms with van der Waals surface area (Å²) in [5.74, 6) is 0. The van der Waals surface area contributed by atoms with Crippen LogP contribution in [0.25, 0.3) is 5.69 Å². The number of amides is 2. The van der Waals surface area contributed by atoms with Crippen LogP contribution >= 0.6 is 0 Å². The summed E-state index contributed by atoms with van der Waals surface area (Å²) < 4.78 is 1.94. The number of urea groups is 1. The first kappa shape index (κ1) is 14.1. The highest BCUT2D eigenvalue weighted by molar-refractivity contribution is 5.73. The molecule has 1 N–H and O–H groups in total. The molecule has 106 valence electrons. The fraction of sp³-hybridized carbons (Fsp3) is 0.333. The van der Waals surface area contributed by atoms with E-state index in [-0.39, 0.29) is 6.03 Å². The molecular weight excluding hydrogens is 252 g/mol. The Morgan fingerprint density at radius 3 is 3.00 bits per heavy atom. The van der Waals surface area contributed by atoms with Crippen molar-refractivity contribution in [1.82, 2.24) is 19.8 Å². The van der Waals surface area contributed by atoms with Crippen molar-refractivity contribution in [2.75, 3.05) is 13.6 Å². The van der Waals surface area contributed by atoms with E-state index in [4.69, 9.17) is 0 Å². The van der Waals surface area contributed by atoms with E-state index in [2.05, 4.69) is 17.2 Å². The molecule has 1 heterocycles. The van der Waals surface area contributed by atoms with E-state index < -0.39 is 0 Å². The predicted octanol–water partition coefficient (Wildman–Crippen LogP) is 2.42. The van der Waals surface area contributed by atoms with Crippen LogP contribution in [0.15, 0.2) is 43.0 Å². The lowest BCUT2D eigenvalue weighted by atomic mass is 10.2. The van der Waals surface area contributed by atoms with Crippen molar-refractivity contribution in [3.63, 3.8) is 0 Å². The third kappa shape index (κ3) is 3.60. The molecule has 0 saturated heterocycles. The molecule has 0 atom stereocenters. The van der Waals surface area contributed by atoms with Crippen molar-refractivity contribution in [2.45, 2.75) is 19.9 Å². The van der Waals surface area contributed by atoms with Gasteiger partial charge < -0.3 is 14.8 Å². The molecule has 1 aromatic carbocycles. The van der Waals surface area contributed by atoms with Crippen LogP contribution < -0.4 is 5.32 Å². The second-order valence-corrected chi connectivity index (χ2v) is 4.72. The quantitative estimate of drug-likeness (QED) is 0.908. The van der Waals surface area contributed by atoms with Crippen molar-refractivity contribution in [1.29, 1.82) is 0 Å². The molecule has 0 saturated carbocycles. The van der Waals surface area contributed by atoms with E-state index in [1.807, 2.05) is 35.0 Å². The highest BCUT2D eigenvalue weighted by atomic mass is 16.2. The van der Waals surface area contributed by atoms with Crippen molar-refractivity contribution >= 4 is 6.03 Å². The Hall–Kier alpha value is -2.30. The highest BCUT2D eigenvalue weighted by Gasteiger charge is 2.06. The second-order valence-electron chi connectivity index (χ2n) is 4.72. The Morgan fingerprint density at radius 2 is 2.30 bits per heavy atom. The van der Waals surface area contributed by atoms with Crippen LogP contribution in [0.2, 0.25) is 0 Å². The fourth-order valence-electron chi connectivity index (χ4n) is 1.99. The highest BCUT2D eigenvalue weighted by Crippen LogP contribution is 2.10. The lowest BCUT2D eigenvalue weighted by Crippen LogP contribution is -2.37. The molecule has 0 spiro atoms. The minimum absolute atomic E-state index is 0.0418. The number of carbonyl (C=O) groups excluding carboxylic acids is 1. The van der Waals surface area contributed by atoms with Crippen LogP contribution in [0.5, 0.6) is 0 Å². The molecule has 2 aromatic rings. The molecule has 2 amide bonds. The van der Waals surface area contributed by atoms with E-state index in [0.717, 1.165) is 24.2 Å². The van der Waals surface area contributed by atoms with E-state index in [0.29, 0.717) is 6.54 Å². The van der Waals surface area contributed by atoms with Gasteiger partial charge in [0.2, 0.25) is 0 Å². The number of nitrogens with one attached hydrogen (secondary N) is 1. The molecule has 0 unspecified atom stereocenters. The normalized spacial score (nSPS) is 10.3. The van der Waals surface area contributed by atoms with E-state index in [1.165, 1.54) is 0 Å². The van der Waals surface area contributed by atoms with Crippen molar-refractivity contribution in [2.24, 2.45) is 0 Å². The number of hydrogen-bond donors (Lipinski definition) is 1. The van der Waals surface area contributed by atoms with Crippen LogP contribution in [0.1, 0.15) is 18.9 Å². The van der Waals surface area contributed by atoms with Crippen LogP contribution in [-0.2, 0) is 6.54 Å². The van der Waals surface area contributed by atoms with Gasteiger partial charge in [-0.25, -0.2) is 9.78 Å². The zero-order chi connectivity index (χ0) is 14.4. The Kier molecular flexibility index (Phi) is 4.76. The first-order chi connectivity index (χ1) is 9.70. The summed E-state index contributed by atoms with van der Waals surface area (Å²) in [5.41, 5.74) is 2.10. The number of nitrogens with zero attached hydrogens (tertiary/aromatic N) is 3. The lowest BCUT2D eigenvalue weighted by molar-refractivity contribution is 0.208. The standard InChI is InChI=1S/C15H20N4O/c1-3-8-18(2)15(20)17-11-13-5-4-6-14(10-13)19-9-7-16-12-19/h4-7,9-10,12H,3,8,11H2,1-2H3,(H,17,20). The van der Waals surface area contributed by atoms with Gasteiger partial charge >= 0.3 is 6.03 Å². The van der Waals surface area contributed by atoms with E-state index in [9.17, 15) is 4.79 Å². The topological polar surface area (TPSA) is 50.2 Å². The summed E-state index contributed by atoms with van der Waals surface area (Å²) in [4.78, 5) is 17.5. The smallest absolute Gasteiger partial charge is 0.317 e. The average Bonchev–Trinajstić information content (AvgIpc) is 2.99. The molecule has 2 rings (SSSR count). The average molecular weight is 272 g/mol. The Bertz CT molecular complexity index is 551. The Labute approximate surface area is 119 Å². The first-order valence-corrected chi connectivity index (χ1v) is 6.77. The number of hydrogen-bond acceptors (Lipinski definition) is 2. The Balaban J connectivity index is 1.97. The zero-order valence-electron chi connectivity index (χ0n) is 11.9. The summed E-state index contributed by atoms with van der Waals surface area (Å²) in [6.07, 6.45) is 6.35. The van der Waals surface area contributed by atoms with Gasteiger partial charge in [-0.1, -0.05) is 19.1 Å². The van der Waals surface area contributed by atoms with Gasteiger partial charge in [0.15, 0.2) is 0 Å². The number of benzene rings is 1. The summed E-state index contributed by atoms with van der Waals surface area (Å²) in [6, 6.07) is 7.99. The zero-order valence-corrected chi connectivity index (χ0v) is 11.9. The Morgan fingerprint density at radius 1 is 1.45 bits per heavy atom. The van der Waals surface area contributed by atoms with Gasteiger partial charge in [-0.15, -0.1) is 0 Å². The van der Waals surface area contributed by atoms with Crippen molar-refractivity contribution in [3.05, 3.63) is 48.5 Å². The summed E-state index contributed by atoms with van der Waals surface area (Å²) in [7, 11) is 1.81. The third-order valence-electron chi connectivity index (χ3n) is 3.06. The molecule has 0 aliphatic carbocycles. The molecule has 5 nitrogen and oxygen atoms in total. The van der Waals surface area contributed by atoms with Crippen molar-refractivity contribution < 1.29 is 4.79 Å². The van der Waals surface area contributed by atoms with Gasteiger partial charge in [0.25, 0.3) is 0 Å². The molecule has 5 heteroatoms. The van der Waals surface area contributed by atoms with E-state index in [1.54, 1.807) is 24.5 Å². The minimum atomic E-state index is -0.0418. The molecule has 0 aliphatic heterocycles. The fourth-order valence-corrected chi connectivity index (χ4v) is 1.99. The van der Waals surface area contributed by atoms with Crippen molar-refractivity contribution in [3.8, 4) is 5.69 Å². The van der Waals surface area contributed by atoms with E-state index >= 15 is 0 Å². The molecular formula is C15H20N4O. The molecule has 0 radical (unpaired) electrons. The summed E-state index contributed by atoms with van der Waals surface area (Å²) in [6.45, 7) is 3.34. The number of carbonyl (C=O) groups is 1. The van der Waals surface area contributed by atoms with Gasteiger partial charge in [0, 0.05) is 38.2 Å². The molecule has 0 bridgehead atoms. The molecule has 0 aliphatic rings. The lowest BCUT2D eigenvalue weighted by Gasteiger charge is -2.17. The molecule has 1 aromatic heterocycles. The molecule has 0 fully saturated rings. The van der Waals surface area contributed by atoms with Gasteiger partial charge in [-0.05, 0) is 24.1 Å². The number of imidazole rings is 1. The largest absolute Gasteiger partial charge is 0.334 e. The monoisotopic (exact) mass is 272 g/mol. The second kappa shape index (κ2) is 6.75. The SMILES string of the molecule is CCCN(C)C(=O)NCc1cccc(-n2ccnc2)c1. The predicted molar refractivity (Wildman–Crippen MR) is 78.7 cm³/mol. The number of rotatable bonds is 5. The third-order valence-corrected chi connectivity index (χ3v) is 3.06.